The summed E-state index contributed by atoms with van der Waals surface area (Å²) in [5.41, 5.74) is 0. The van der Waals surface area contributed by atoms with Crippen LogP contribution in [0.5, 0.6) is 0 Å². The first-order valence-corrected chi connectivity index (χ1v) is 6.87. The molecule has 0 aromatic heterocycles. The zero-order chi connectivity index (χ0) is 11.8. The maximum atomic E-state index is 11.8. The van der Waals surface area contributed by atoms with Gasteiger partial charge in [-0.1, -0.05) is 0 Å². The summed E-state index contributed by atoms with van der Waals surface area (Å²) in [7, 11) is 1.50. The number of fused-ring (bicyclic) bond motifs is 1. The van der Waals surface area contributed by atoms with Crippen LogP contribution >= 0.6 is 0 Å². The van der Waals surface area contributed by atoms with E-state index in [1.165, 1.54) is 52.3 Å². The molecule has 0 aromatic carbocycles. The van der Waals surface area contributed by atoms with Crippen molar-refractivity contribution in [1.82, 2.24) is 10.2 Å². The van der Waals surface area contributed by atoms with Crippen molar-refractivity contribution in [2.24, 2.45) is 5.92 Å². The first kappa shape index (κ1) is 11.5. The molecule has 2 heterocycles. The summed E-state index contributed by atoms with van der Waals surface area (Å²) in [6.07, 6.45) is 6.14. The fraction of sp³-hybridized carbons (Fsp3) is 0.923. The zero-order valence-electron chi connectivity index (χ0n) is 10.5. The first-order chi connectivity index (χ1) is 8.29. The van der Waals surface area contributed by atoms with Crippen LogP contribution in [0.2, 0.25) is 0 Å². The molecule has 17 heavy (non-hydrogen) atoms. The van der Waals surface area contributed by atoms with Gasteiger partial charge in [0.15, 0.2) is 0 Å². The lowest BCUT2D eigenvalue weighted by Crippen LogP contribution is -2.49. The molecule has 4 heteroatoms. The van der Waals surface area contributed by atoms with E-state index in [9.17, 15) is 4.79 Å². The van der Waals surface area contributed by atoms with E-state index in [-0.39, 0.29) is 12.0 Å². The molecular weight excluding hydrogens is 216 g/mol. The van der Waals surface area contributed by atoms with Gasteiger partial charge in [0, 0.05) is 18.6 Å². The van der Waals surface area contributed by atoms with E-state index >= 15 is 0 Å². The highest BCUT2D eigenvalue weighted by Gasteiger charge is 2.43. The van der Waals surface area contributed by atoms with Crippen molar-refractivity contribution in [2.75, 3.05) is 20.2 Å². The van der Waals surface area contributed by atoms with Crippen LogP contribution < -0.4 is 5.32 Å². The van der Waals surface area contributed by atoms with Crippen LogP contribution in [0.4, 0.5) is 0 Å². The average molecular weight is 238 g/mol. The van der Waals surface area contributed by atoms with Gasteiger partial charge in [0.25, 0.3) is 0 Å². The molecule has 0 bridgehead atoms. The smallest absolute Gasteiger partial charge is 0.323 e. The third-order valence-corrected chi connectivity index (χ3v) is 4.55. The van der Waals surface area contributed by atoms with E-state index in [4.69, 9.17) is 4.74 Å². The fourth-order valence-corrected chi connectivity index (χ4v) is 3.46. The third-order valence-electron chi connectivity index (χ3n) is 4.55. The molecule has 4 nitrogen and oxygen atoms in total. The topological polar surface area (TPSA) is 41.6 Å². The maximum absolute atomic E-state index is 11.8. The Morgan fingerprint density at radius 2 is 2.12 bits per heavy atom. The maximum Gasteiger partial charge on any atom is 0.323 e. The van der Waals surface area contributed by atoms with Gasteiger partial charge in [-0.3, -0.25) is 15.0 Å². The monoisotopic (exact) mass is 238 g/mol. The molecule has 2 aliphatic heterocycles. The van der Waals surface area contributed by atoms with Gasteiger partial charge >= 0.3 is 5.97 Å². The molecule has 96 valence electrons. The minimum atomic E-state index is -0.0658. The summed E-state index contributed by atoms with van der Waals surface area (Å²) < 4.78 is 4.92. The number of esters is 1. The fourth-order valence-electron chi connectivity index (χ4n) is 3.46. The number of carbonyl (C=O) groups excluding carboxylic acids is 1. The van der Waals surface area contributed by atoms with E-state index in [0.29, 0.717) is 18.0 Å². The van der Waals surface area contributed by atoms with E-state index in [1.54, 1.807) is 0 Å². The van der Waals surface area contributed by atoms with Crippen molar-refractivity contribution < 1.29 is 9.53 Å². The van der Waals surface area contributed by atoms with Crippen molar-refractivity contribution in [3.05, 3.63) is 0 Å². The summed E-state index contributed by atoms with van der Waals surface area (Å²) in [6.45, 7) is 2.44. The molecule has 2 saturated heterocycles. The highest BCUT2D eigenvalue weighted by Crippen LogP contribution is 2.35. The van der Waals surface area contributed by atoms with Crippen LogP contribution in [0.3, 0.4) is 0 Å². The van der Waals surface area contributed by atoms with Gasteiger partial charge in [0.05, 0.1) is 7.11 Å². The Hall–Kier alpha value is -0.610. The molecule has 1 saturated carbocycles. The summed E-state index contributed by atoms with van der Waals surface area (Å²) in [5, 5.41) is 3.58. The molecule has 3 rings (SSSR count). The number of ether oxygens (including phenoxy) is 1. The minimum absolute atomic E-state index is 0.0504. The Bertz CT molecular complexity index is 304. The first-order valence-electron chi connectivity index (χ1n) is 6.87. The molecular formula is C13H22N2O2. The predicted octanol–water partition coefficient (Wildman–Crippen LogP) is 0.764. The predicted molar refractivity (Wildman–Crippen MR) is 64.7 cm³/mol. The summed E-state index contributed by atoms with van der Waals surface area (Å²) in [4.78, 5) is 14.3. The zero-order valence-corrected chi connectivity index (χ0v) is 10.5. The lowest BCUT2D eigenvalue weighted by Gasteiger charge is -2.25. The van der Waals surface area contributed by atoms with Crippen molar-refractivity contribution >= 4 is 5.97 Å². The quantitative estimate of drug-likeness (QED) is 0.734. The van der Waals surface area contributed by atoms with Crippen molar-refractivity contribution in [3.63, 3.8) is 0 Å². The molecule has 3 unspecified atom stereocenters. The Morgan fingerprint density at radius 3 is 2.82 bits per heavy atom. The van der Waals surface area contributed by atoms with Crippen LogP contribution in [-0.2, 0) is 9.53 Å². The average Bonchev–Trinajstić information content (AvgIpc) is 2.94. The molecule has 3 aliphatic rings. The minimum Gasteiger partial charge on any atom is -0.468 e. The van der Waals surface area contributed by atoms with Gasteiger partial charge in [-0.2, -0.15) is 0 Å². The second kappa shape index (κ2) is 4.58. The molecule has 0 amide bonds. The number of methoxy groups -OCH3 is 1. The number of nitrogens with zero attached hydrogens (tertiary/aromatic N) is 1. The Kier molecular flexibility index (Phi) is 3.09. The highest BCUT2D eigenvalue weighted by molar-refractivity contribution is 5.76. The van der Waals surface area contributed by atoms with Crippen molar-refractivity contribution in [3.8, 4) is 0 Å². The highest BCUT2D eigenvalue weighted by atomic mass is 16.5. The summed E-state index contributed by atoms with van der Waals surface area (Å²) >= 11 is 0. The van der Waals surface area contributed by atoms with Crippen LogP contribution in [-0.4, -0.2) is 49.2 Å². The Labute approximate surface area is 103 Å². The van der Waals surface area contributed by atoms with Crippen molar-refractivity contribution in [2.45, 2.75) is 50.2 Å². The second-order valence-electron chi connectivity index (χ2n) is 5.65. The largest absolute Gasteiger partial charge is 0.468 e. The third kappa shape index (κ3) is 2.20. The molecule has 3 atom stereocenters. The molecule has 3 fully saturated rings. The number of hydrogen-bond donors (Lipinski definition) is 1. The van der Waals surface area contributed by atoms with Gasteiger partial charge in [-0.05, 0) is 44.6 Å². The van der Waals surface area contributed by atoms with E-state index < -0.39 is 0 Å². The van der Waals surface area contributed by atoms with Crippen LogP contribution in [0.1, 0.15) is 32.1 Å². The molecule has 1 aliphatic carbocycles. The summed E-state index contributed by atoms with van der Waals surface area (Å²) in [6, 6.07) is 1.12. The summed E-state index contributed by atoms with van der Waals surface area (Å²) in [5.74, 6) is 0.460. The number of nitrogens with one attached hydrogen (secondary N) is 1. The standard InChI is InChI=1S/C13H22N2O2/c1-17-13(16)12(9-4-5-9)14-10-6-8-15-7-2-3-11(10)15/h9-12,14H,2-8H2,1H3. The molecule has 0 spiro atoms. The van der Waals surface area contributed by atoms with Gasteiger partial charge in [0.1, 0.15) is 6.04 Å². The lowest BCUT2D eigenvalue weighted by atomic mass is 10.0. The van der Waals surface area contributed by atoms with E-state index in [2.05, 4.69) is 10.2 Å². The number of carbonyl (C=O) groups is 1. The van der Waals surface area contributed by atoms with Gasteiger partial charge in [-0.15, -0.1) is 0 Å². The van der Waals surface area contributed by atoms with Crippen LogP contribution in [0.15, 0.2) is 0 Å². The Balaban J connectivity index is 1.62. The van der Waals surface area contributed by atoms with Gasteiger partial charge in [0.2, 0.25) is 0 Å². The van der Waals surface area contributed by atoms with Gasteiger partial charge in [-0.25, -0.2) is 0 Å². The van der Waals surface area contributed by atoms with Crippen LogP contribution in [0, 0.1) is 5.92 Å². The van der Waals surface area contributed by atoms with Crippen LogP contribution in [0.25, 0.3) is 0 Å². The van der Waals surface area contributed by atoms with E-state index in [0.717, 1.165) is 0 Å². The second-order valence-corrected chi connectivity index (χ2v) is 5.65. The van der Waals surface area contributed by atoms with E-state index in [1.807, 2.05) is 0 Å². The number of rotatable bonds is 4. The van der Waals surface area contributed by atoms with Crippen molar-refractivity contribution in [1.29, 1.82) is 0 Å². The van der Waals surface area contributed by atoms with Gasteiger partial charge < -0.3 is 4.74 Å². The molecule has 0 aromatic rings. The molecule has 1 N–H and O–H groups in total. The SMILES string of the molecule is COC(=O)C(NC1CCN2CCCC12)C1CC1. The molecule has 0 radical (unpaired) electrons. The normalized spacial score (nSPS) is 34.6. The number of hydrogen-bond acceptors (Lipinski definition) is 4. The Morgan fingerprint density at radius 1 is 1.29 bits per heavy atom. The lowest BCUT2D eigenvalue weighted by molar-refractivity contribution is -0.144.